The van der Waals surface area contributed by atoms with E-state index in [1.54, 1.807) is 24.5 Å². The molecule has 3 aromatic rings. The Hall–Kier alpha value is -3.76. The van der Waals surface area contributed by atoms with Crippen molar-refractivity contribution in [3.05, 3.63) is 54.9 Å². The third kappa shape index (κ3) is 4.43. The van der Waals surface area contributed by atoms with Gasteiger partial charge in [0.15, 0.2) is 5.82 Å². The van der Waals surface area contributed by atoms with Crippen molar-refractivity contribution in [1.82, 2.24) is 15.0 Å². The number of carbonyl (C=O) groups is 1. The fourth-order valence-corrected chi connectivity index (χ4v) is 6.25. The van der Waals surface area contributed by atoms with E-state index < -0.39 is 0 Å². The van der Waals surface area contributed by atoms with E-state index >= 15 is 0 Å². The molecule has 2 N–H and O–H groups in total. The summed E-state index contributed by atoms with van der Waals surface area (Å²) < 4.78 is 11.7. The van der Waals surface area contributed by atoms with Crippen LogP contribution in [0.5, 0.6) is 0 Å². The van der Waals surface area contributed by atoms with Gasteiger partial charge in [0.05, 0.1) is 50.6 Å². The largest absolute Gasteiger partial charge is 0.377 e. The van der Waals surface area contributed by atoms with Crippen LogP contribution in [0.15, 0.2) is 54.9 Å². The Bertz CT molecular complexity index is 1230. The Labute approximate surface area is 221 Å². The molecule has 0 radical (unpaired) electrons. The van der Waals surface area contributed by atoms with Gasteiger partial charge in [-0.2, -0.15) is 0 Å². The van der Waals surface area contributed by atoms with Gasteiger partial charge in [0.1, 0.15) is 11.6 Å². The van der Waals surface area contributed by atoms with Crippen molar-refractivity contribution in [2.75, 3.05) is 46.9 Å². The Morgan fingerprint density at radius 1 is 0.711 bits per heavy atom. The molecule has 4 fully saturated rings. The van der Waals surface area contributed by atoms with Gasteiger partial charge in [0.25, 0.3) is 0 Å². The van der Waals surface area contributed by atoms with Crippen LogP contribution in [-0.2, 0) is 9.47 Å². The molecule has 7 rings (SSSR count). The lowest BCUT2D eigenvalue weighted by atomic mass is 10.1. The van der Waals surface area contributed by atoms with Crippen molar-refractivity contribution >= 4 is 29.0 Å². The topological polar surface area (TPSA) is 105 Å². The minimum atomic E-state index is -0.310. The highest BCUT2D eigenvalue weighted by atomic mass is 16.5. The average molecular weight is 514 g/mol. The number of morpholine rings is 2. The minimum Gasteiger partial charge on any atom is -0.377 e. The summed E-state index contributed by atoms with van der Waals surface area (Å²) in [6, 6.07) is 14.5. The molecule has 0 spiro atoms. The van der Waals surface area contributed by atoms with E-state index in [1.807, 2.05) is 24.3 Å². The van der Waals surface area contributed by atoms with Gasteiger partial charge in [-0.1, -0.05) is 0 Å². The number of benzene rings is 1. The third-order valence-electron chi connectivity index (χ3n) is 8.05. The summed E-state index contributed by atoms with van der Waals surface area (Å²) in [4.78, 5) is 31.4. The number of nitrogens with zero attached hydrogens (tertiary/aromatic N) is 5. The van der Waals surface area contributed by atoms with Gasteiger partial charge >= 0.3 is 6.03 Å². The van der Waals surface area contributed by atoms with Crippen LogP contribution in [0.4, 0.5) is 27.8 Å². The number of hydrogen-bond acceptors (Lipinski definition) is 8. The number of rotatable bonds is 5. The predicted octanol–water partition coefficient (Wildman–Crippen LogP) is 3.92. The van der Waals surface area contributed by atoms with Crippen LogP contribution in [-0.4, -0.2) is 71.6 Å². The molecule has 4 aliphatic rings. The lowest BCUT2D eigenvalue weighted by Gasteiger charge is -2.38. The monoisotopic (exact) mass is 513 g/mol. The Morgan fingerprint density at radius 3 is 1.68 bits per heavy atom. The molecule has 38 heavy (non-hydrogen) atoms. The first-order chi connectivity index (χ1) is 18.7. The second-order valence-corrected chi connectivity index (χ2v) is 10.5. The Morgan fingerprint density at radius 2 is 1.18 bits per heavy atom. The molecule has 6 heterocycles. The number of hydrogen-bond donors (Lipinski definition) is 2. The molecule has 4 saturated heterocycles. The molecule has 2 aromatic heterocycles. The zero-order valence-electron chi connectivity index (χ0n) is 21.1. The lowest BCUT2D eigenvalue weighted by Crippen LogP contribution is -2.48. The number of nitrogens with one attached hydrogen (secondary N) is 2. The molecular weight excluding hydrogens is 482 g/mol. The summed E-state index contributed by atoms with van der Waals surface area (Å²) in [6.45, 7) is 2.98. The fraction of sp³-hybridized carbons (Fsp3) is 0.429. The Balaban J connectivity index is 1.18. The maximum absolute atomic E-state index is 12.4. The van der Waals surface area contributed by atoms with Gasteiger partial charge < -0.3 is 29.9 Å². The van der Waals surface area contributed by atoms with E-state index in [2.05, 4.69) is 31.5 Å². The van der Waals surface area contributed by atoms with Crippen LogP contribution in [0.3, 0.4) is 0 Å². The molecule has 10 nitrogen and oxygen atoms in total. The molecule has 4 aliphatic heterocycles. The highest BCUT2D eigenvalue weighted by Crippen LogP contribution is 2.39. The molecule has 1 aromatic carbocycles. The van der Waals surface area contributed by atoms with Crippen molar-refractivity contribution in [2.24, 2.45) is 0 Å². The second kappa shape index (κ2) is 9.85. The number of urea groups is 1. The molecule has 4 unspecified atom stereocenters. The van der Waals surface area contributed by atoms with Crippen LogP contribution < -0.4 is 20.4 Å². The van der Waals surface area contributed by atoms with E-state index in [0.29, 0.717) is 41.4 Å². The van der Waals surface area contributed by atoms with Crippen molar-refractivity contribution < 1.29 is 14.3 Å². The zero-order chi connectivity index (χ0) is 25.5. The number of carbonyl (C=O) groups excluding carboxylic acids is 1. The van der Waals surface area contributed by atoms with Crippen LogP contribution >= 0.6 is 0 Å². The maximum atomic E-state index is 12.4. The van der Waals surface area contributed by atoms with Crippen molar-refractivity contribution in [1.29, 1.82) is 0 Å². The van der Waals surface area contributed by atoms with E-state index in [4.69, 9.17) is 19.4 Å². The highest BCUT2D eigenvalue weighted by molar-refractivity contribution is 5.99. The first kappa shape index (κ1) is 23.4. The SMILES string of the molecule is O=C(Nc1ccncc1)Nc1ccc(-c2nc(N3C4CCC3COC4)cc(N3C4CCC3COC4)n2)cc1. The summed E-state index contributed by atoms with van der Waals surface area (Å²) >= 11 is 0. The van der Waals surface area contributed by atoms with Gasteiger partial charge in [-0.15, -0.1) is 0 Å². The molecule has 196 valence electrons. The van der Waals surface area contributed by atoms with Crippen molar-refractivity contribution in [2.45, 2.75) is 49.9 Å². The van der Waals surface area contributed by atoms with E-state index in [1.165, 1.54) is 0 Å². The smallest absolute Gasteiger partial charge is 0.323 e. The van der Waals surface area contributed by atoms with E-state index in [9.17, 15) is 4.79 Å². The number of fused-ring (bicyclic) bond motifs is 4. The highest BCUT2D eigenvalue weighted by Gasteiger charge is 2.41. The van der Waals surface area contributed by atoms with Gasteiger partial charge in [-0.25, -0.2) is 14.8 Å². The van der Waals surface area contributed by atoms with Crippen LogP contribution in [0.1, 0.15) is 25.7 Å². The molecule has 4 atom stereocenters. The molecule has 10 heteroatoms. The number of aromatic nitrogens is 3. The summed E-state index contributed by atoms with van der Waals surface area (Å²) in [6.07, 6.45) is 7.79. The van der Waals surface area contributed by atoms with Crippen LogP contribution in [0.25, 0.3) is 11.4 Å². The lowest BCUT2D eigenvalue weighted by molar-refractivity contribution is 0.0894. The van der Waals surface area contributed by atoms with Gasteiger partial charge in [-0.3, -0.25) is 4.98 Å². The number of pyridine rings is 1. The van der Waals surface area contributed by atoms with E-state index in [0.717, 1.165) is 69.3 Å². The standard InChI is InChI=1S/C28H31N7O3/c36-28(31-20-9-11-29-12-10-20)30-19-3-1-18(2-4-19)27-32-25(34-21-5-6-22(34)15-37-14-21)13-26(33-27)35-23-7-8-24(35)17-38-16-23/h1-4,9-13,21-24H,5-8,14-17H2,(H2,29,30,31,36). The Kier molecular flexibility index (Phi) is 6.05. The quantitative estimate of drug-likeness (QED) is 0.529. The van der Waals surface area contributed by atoms with E-state index in [-0.39, 0.29) is 6.03 Å². The predicted molar refractivity (Wildman–Crippen MR) is 145 cm³/mol. The van der Waals surface area contributed by atoms with Crippen LogP contribution in [0.2, 0.25) is 0 Å². The number of ether oxygens (including phenoxy) is 2. The van der Waals surface area contributed by atoms with Crippen LogP contribution in [0, 0.1) is 0 Å². The summed E-state index contributed by atoms with van der Waals surface area (Å²) in [5.74, 6) is 2.65. The average Bonchev–Trinajstić information content (AvgIpc) is 3.35. The zero-order valence-corrected chi connectivity index (χ0v) is 21.1. The maximum Gasteiger partial charge on any atom is 0.323 e. The summed E-state index contributed by atoms with van der Waals surface area (Å²) in [7, 11) is 0. The first-order valence-electron chi connectivity index (χ1n) is 13.4. The van der Waals surface area contributed by atoms with Gasteiger partial charge in [0.2, 0.25) is 0 Å². The summed E-state index contributed by atoms with van der Waals surface area (Å²) in [5.41, 5.74) is 2.28. The summed E-state index contributed by atoms with van der Waals surface area (Å²) in [5, 5.41) is 5.69. The van der Waals surface area contributed by atoms with Crippen molar-refractivity contribution in [3.63, 3.8) is 0 Å². The molecule has 0 aliphatic carbocycles. The molecule has 4 bridgehead atoms. The third-order valence-corrected chi connectivity index (χ3v) is 8.05. The minimum absolute atomic E-state index is 0.310. The first-order valence-corrected chi connectivity index (χ1v) is 13.4. The molecule has 0 saturated carbocycles. The van der Waals surface area contributed by atoms with Crippen molar-refractivity contribution in [3.8, 4) is 11.4 Å². The number of anilines is 4. The van der Waals surface area contributed by atoms with Gasteiger partial charge in [0, 0.05) is 35.4 Å². The molecular formula is C28H31N7O3. The normalized spacial score (nSPS) is 25.9. The number of amides is 2. The molecule has 2 amide bonds. The second-order valence-electron chi connectivity index (χ2n) is 10.5. The fourth-order valence-electron chi connectivity index (χ4n) is 6.25. The van der Waals surface area contributed by atoms with Gasteiger partial charge in [-0.05, 0) is 62.1 Å².